The van der Waals surface area contributed by atoms with E-state index in [4.69, 9.17) is 5.11 Å². The van der Waals surface area contributed by atoms with Crippen molar-refractivity contribution in [2.45, 2.75) is 32.6 Å². The van der Waals surface area contributed by atoms with Crippen molar-refractivity contribution in [1.29, 1.82) is 0 Å². The molecule has 0 saturated heterocycles. The first kappa shape index (κ1) is 12.6. The molecule has 0 bridgehead atoms. The smallest absolute Gasteiger partial charge is 0.307 e. The Kier molecular flexibility index (Phi) is 5.40. The van der Waals surface area contributed by atoms with E-state index >= 15 is 0 Å². The summed E-state index contributed by atoms with van der Waals surface area (Å²) in [6.07, 6.45) is 3.67. The van der Waals surface area contributed by atoms with E-state index in [2.05, 4.69) is 12.2 Å². The summed E-state index contributed by atoms with van der Waals surface area (Å²) in [7, 11) is 0. The summed E-state index contributed by atoms with van der Waals surface area (Å²) < 4.78 is 0. The molecule has 3 heteroatoms. The molecule has 0 heterocycles. The van der Waals surface area contributed by atoms with Gasteiger partial charge in [-0.15, -0.1) is 0 Å². The second kappa shape index (κ2) is 6.88. The number of carbonyl (C=O) groups is 1. The van der Waals surface area contributed by atoms with Gasteiger partial charge in [-0.05, 0) is 24.1 Å². The van der Waals surface area contributed by atoms with Gasteiger partial charge in [-0.1, -0.05) is 31.9 Å². The minimum Gasteiger partial charge on any atom is -0.481 e. The fourth-order valence-electron chi connectivity index (χ4n) is 1.57. The van der Waals surface area contributed by atoms with Gasteiger partial charge >= 0.3 is 5.97 Å². The molecule has 88 valence electrons. The second-order valence-electron chi connectivity index (χ2n) is 3.90. The van der Waals surface area contributed by atoms with Crippen LogP contribution in [0.25, 0.3) is 0 Å². The largest absolute Gasteiger partial charge is 0.481 e. The normalized spacial score (nSPS) is 10.1. The molecule has 2 N–H and O–H groups in total. The van der Waals surface area contributed by atoms with E-state index in [1.165, 1.54) is 12.8 Å². The number of aliphatic carboxylic acids is 1. The Morgan fingerprint density at radius 1 is 1.38 bits per heavy atom. The number of carboxylic acids is 1. The molecule has 0 aliphatic heterocycles. The summed E-state index contributed by atoms with van der Waals surface area (Å²) in [5.74, 6) is -0.789. The Morgan fingerprint density at radius 2 is 2.19 bits per heavy atom. The number of carboxylic acid groups (broad SMARTS) is 1. The fraction of sp³-hybridized carbons (Fsp3) is 0.462. The Hall–Kier alpha value is -1.51. The SMILES string of the molecule is CCCCCNc1cccc(CC(=O)O)c1. The first-order valence-electron chi connectivity index (χ1n) is 5.77. The highest BCUT2D eigenvalue weighted by Gasteiger charge is 2.00. The lowest BCUT2D eigenvalue weighted by Gasteiger charge is -2.07. The molecule has 0 radical (unpaired) electrons. The molecule has 1 rings (SSSR count). The number of benzene rings is 1. The van der Waals surface area contributed by atoms with Gasteiger partial charge in [0.1, 0.15) is 0 Å². The van der Waals surface area contributed by atoms with Crippen LogP contribution in [0.3, 0.4) is 0 Å². The summed E-state index contributed by atoms with van der Waals surface area (Å²) in [6.45, 7) is 3.12. The molecule has 16 heavy (non-hydrogen) atoms. The molecule has 0 aliphatic carbocycles. The number of rotatable bonds is 7. The number of hydrogen-bond acceptors (Lipinski definition) is 2. The Labute approximate surface area is 96.5 Å². The summed E-state index contributed by atoms with van der Waals surface area (Å²) in [4.78, 5) is 10.6. The first-order valence-corrected chi connectivity index (χ1v) is 5.77. The van der Waals surface area contributed by atoms with Crippen LogP contribution in [0.5, 0.6) is 0 Å². The highest BCUT2D eigenvalue weighted by molar-refractivity contribution is 5.70. The second-order valence-corrected chi connectivity index (χ2v) is 3.90. The van der Waals surface area contributed by atoms with E-state index in [0.717, 1.165) is 24.2 Å². The molecular formula is C13H19NO2. The highest BCUT2D eigenvalue weighted by atomic mass is 16.4. The molecule has 0 aliphatic rings. The summed E-state index contributed by atoms with van der Waals surface area (Å²) in [6, 6.07) is 7.60. The van der Waals surface area contributed by atoms with Crippen molar-refractivity contribution in [3.63, 3.8) is 0 Å². The molecule has 1 aromatic carbocycles. The van der Waals surface area contributed by atoms with Crippen LogP contribution in [0.15, 0.2) is 24.3 Å². The van der Waals surface area contributed by atoms with E-state index in [9.17, 15) is 4.79 Å². The van der Waals surface area contributed by atoms with Crippen LogP contribution in [0.1, 0.15) is 31.7 Å². The van der Waals surface area contributed by atoms with Crippen LogP contribution in [0, 0.1) is 0 Å². The van der Waals surface area contributed by atoms with E-state index in [1.807, 2.05) is 24.3 Å². The fourth-order valence-corrected chi connectivity index (χ4v) is 1.57. The van der Waals surface area contributed by atoms with Gasteiger partial charge in [0.05, 0.1) is 6.42 Å². The van der Waals surface area contributed by atoms with Gasteiger partial charge in [-0.3, -0.25) is 4.79 Å². The zero-order valence-electron chi connectivity index (χ0n) is 9.70. The third kappa shape index (κ3) is 4.82. The van der Waals surface area contributed by atoms with Crippen LogP contribution < -0.4 is 5.32 Å². The molecule has 0 atom stereocenters. The van der Waals surface area contributed by atoms with Crippen molar-refractivity contribution in [3.05, 3.63) is 29.8 Å². The predicted molar refractivity (Wildman–Crippen MR) is 65.8 cm³/mol. The van der Waals surface area contributed by atoms with Crippen LogP contribution >= 0.6 is 0 Å². The summed E-state index contributed by atoms with van der Waals surface area (Å²) >= 11 is 0. The number of anilines is 1. The average Bonchev–Trinajstić information content (AvgIpc) is 2.24. The van der Waals surface area contributed by atoms with Crippen LogP contribution in [-0.2, 0) is 11.2 Å². The molecule has 3 nitrogen and oxygen atoms in total. The minimum absolute atomic E-state index is 0.0878. The Bertz CT molecular complexity index is 336. The maximum absolute atomic E-state index is 10.6. The topological polar surface area (TPSA) is 49.3 Å². The number of hydrogen-bond donors (Lipinski definition) is 2. The number of nitrogens with one attached hydrogen (secondary N) is 1. The molecular weight excluding hydrogens is 202 g/mol. The average molecular weight is 221 g/mol. The minimum atomic E-state index is -0.789. The zero-order chi connectivity index (χ0) is 11.8. The van der Waals surface area contributed by atoms with Crippen molar-refractivity contribution in [1.82, 2.24) is 0 Å². The quantitative estimate of drug-likeness (QED) is 0.696. The van der Waals surface area contributed by atoms with Gasteiger partial charge < -0.3 is 10.4 Å². The van der Waals surface area contributed by atoms with Gasteiger partial charge in [0, 0.05) is 12.2 Å². The number of unbranched alkanes of at least 4 members (excludes halogenated alkanes) is 2. The van der Waals surface area contributed by atoms with Crippen molar-refractivity contribution in [3.8, 4) is 0 Å². The lowest BCUT2D eigenvalue weighted by atomic mass is 10.1. The van der Waals surface area contributed by atoms with Gasteiger partial charge in [0.25, 0.3) is 0 Å². The van der Waals surface area contributed by atoms with Gasteiger partial charge in [-0.2, -0.15) is 0 Å². The maximum atomic E-state index is 10.6. The van der Waals surface area contributed by atoms with Gasteiger partial charge in [-0.25, -0.2) is 0 Å². The summed E-state index contributed by atoms with van der Waals surface area (Å²) in [5.41, 5.74) is 1.85. The summed E-state index contributed by atoms with van der Waals surface area (Å²) in [5, 5.41) is 12.0. The van der Waals surface area contributed by atoms with E-state index in [-0.39, 0.29) is 6.42 Å². The molecule has 0 amide bonds. The zero-order valence-corrected chi connectivity index (χ0v) is 9.70. The van der Waals surface area contributed by atoms with Crippen LogP contribution in [0.2, 0.25) is 0 Å². The third-order valence-electron chi connectivity index (χ3n) is 2.39. The molecule has 0 spiro atoms. The predicted octanol–water partition coefficient (Wildman–Crippen LogP) is 2.92. The lowest BCUT2D eigenvalue weighted by molar-refractivity contribution is -0.136. The van der Waals surface area contributed by atoms with E-state index in [0.29, 0.717) is 0 Å². The van der Waals surface area contributed by atoms with Crippen LogP contribution in [0.4, 0.5) is 5.69 Å². The maximum Gasteiger partial charge on any atom is 0.307 e. The van der Waals surface area contributed by atoms with E-state index in [1.54, 1.807) is 0 Å². The molecule has 0 saturated carbocycles. The Morgan fingerprint density at radius 3 is 2.88 bits per heavy atom. The monoisotopic (exact) mass is 221 g/mol. The molecule has 1 aromatic rings. The third-order valence-corrected chi connectivity index (χ3v) is 2.39. The standard InChI is InChI=1S/C13H19NO2/c1-2-3-4-8-14-12-7-5-6-11(9-12)10-13(15)16/h5-7,9,14H,2-4,8,10H2,1H3,(H,15,16). The first-order chi connectivity index (χ1) is 7.72. The van der Waals surface area contributed by atoms with Gasteiger partial charge in [0.15, 0.2) is 0 Å². The molecule has 0 aromatic heterocycles. The van der Waals surface area contributed by atoms with Gasteiger partial charge in [0.2, 0.25) is 0 Å². The molecule has 0 unspecified atom stereocenters. The highest BCUT2D eigenvalue weighted by Crippen LogP contribution is 2.11. The van der Waals surface area contributed by atoms with Crippen molar-refractivity contribution in [2.75, 3.05) is 11.9 Å². The van der Waals surface area contributed by atoms with Crippen molar-refractivity contribution in [2.24, 2.45) is 0 Å². The Balaban J connectivity index is 2.44. The van der Waals surface area contributed by atoms with Crippen molar-refractivity contribution >= 4 is 11.7 Å². The van der Waals surface area contributed by atoms with Crippen molar-refractivity contribution < 1.29 is 9.90 Å². The van der Waals surface area contributed by atoms with E-state index < -0.39 is 5.97 Å². The molecule has 0 fully saturated rings. The lowest BCUT2D eigenvalue weighted by Crippen LogP contribution is -2.03. The van der Waals surface area contributed by atoms with Crippen LogP contribution in [-0.4, -0.2) is 17.6 Å².